The highest BCUT2D eigenvalue weighted by Gasteiger charge is 2.39. The van der Waals surface area contributed by atoms with Gasteiger partial charge in [0.1, 0.15) is 0 Å². The molecule has 0 aromatic heterocycles. The van der Waals surface area contributed by atoms with Crippen LogP contribution in [-0.2, 0) is 0 Å². The van der Waals surface area contributed by atoms with E-state index in [9.17, 15) is 0 Å². The third-order valence-corrected chi connectivity index (χ3v) is 9.73. The summed E-state index contributed by atoms with van der Waals surface area (Å²) >= 11 is 0. The zero-order chi connectivity index (χ0) is 28.8. The SMILES string of the molecule is c1ccc(C2=C3C(=C(c4cccc5cc6ccccc6cc45)c4ccc5ccccc5c43)c3c2ccc2ccccc32)cc1. The Morgan fingerprint density at radius 2 is 0.773 bits per heavy atom. The van der Waals surface area contributed by atoms with Crippen LogP contribution in [0, 0.1) is 0 Å². The lowest BCUT2D eigenvalue weighted by Gasteiger charge is -2.16. The van der Waals surface area contributed by atoms with E-state index in [1.165, 1.54) is 98.8 Å². The molecule has 0 N–H and O–H groups in total. The van der Waals surface area contributed by atoms with E-state index in [-0.39, 0.29) is 0 Å². The van der Waals surface area contributed by atoms with E-state index in [1.54, 1.807) is 0 Å². The molecule has 0 radical (unpaired) electrons. The van der Waals surface area contributed by atoms with E-state index in [0.717, 1.165) is 0 Å². The summed E-state index contributed by atoms with van der Waals surface area (Å²) in [5.74, 6) is 0. The molecule has 202 valence electrons. The van der Waals surface area contributed by atoms with Gasteiger partial charge in [0.25, 0.3) is 0 Å². The van der Waals surface area contributed by atoms with Crippen LogP contribution in [0.2, 0.25) is 0 Å². The Kier molecular flexibility index (Phi) is 4.81. The number of allylic oxidation sites excluding steroid dienone is 2. The van der Waals surface area contributed by atoms with E-state index in [2.05, 4.69) is 158 Å². The molecule has 0 fully saturated rings. The van der Waals surface area contributed by atoms with Crippen molar-refractivity contribution in [1.82, 2.24) is 0 Å². The fourth-order valence-corrected chi connectivity index (χ4v) is 7.89. The molecule has 0 amide bonds. The van der Waals surface area contributed by atoms with Gasteiger partial charge in [0, 0.05) is 0 Å². The van der Waals surface area contributed by atoms with Crippen LogP contribution in [0.5, 0.6) is 0 Å². The Labute approximate surface area is 255 Å². The van der Waals surface area contributed by atoms with Crippen molar-refractivity contribution in [2.75, 3.05) is 0 Å². The van der Waals surface area contributed by atoms with Crippen molar-refractivity contribution in [1.29, 1.82) is 0 Å². The lowest BCUT2D eigenvalue weighted by Crippen LogP contribution is -1.95. The maximum Gasteiger partial charge on any atom is -0.0000937 e. The molecule has 0 saturated heterocycles. The molecular weight excluding hydrogens is 528 g/mol. The molecule has 0 aliphatic heterocycles. The van der Waals surface area contributed by atoms with E-state index >= 15 is 0 Å². The monoisotopic (exact) mass is 554 g/mol. The Morgan fingerprint density at radius 1 is 0.250 bits per heavy atom. The topological polar surface area (TPSA) is 0 Å². The predicted octanol–water partition coefficient (Wildman–Crippen LogP) is 11.5. The van der Waals surface area contributed by atoms with Crippen LogP contribution in [0.15, 0.2) is 158 Å². The van der Waals surface area contributed by atoms with Crippen LogP contribution in [0.3, 0.4) is 0 Å². The Bertz CT molecular complexity index is 2580. The maximum absolute atomic E-state index is 2.40. The molecule has 8 aromatic carbocycles. The molecular formula is C44H26. The molecule has 0 heteroatoms. The zero-order valence-corrected chi connectivity index (χ0v) is 24.0. The summed E-state index contributed by atoms with van der Waals surface area (Å²) in [5.41, 5.74) is 13.3. The highest BCUT2D eigenvalue weighted by molar-refractivity contribution is 6.40. The number of benzene rings is 8. The number of fused-ring (bicyclic) bond motifs is 11. The minimum absolute atomic E-state index is 1.26. The van der Waals surface area contributed by atoms with Gasteiger partial charge < -0.3 is 0 Å². The summed E-state index contributed by atoms with van der Waals surface area (Å²) in [6, 6.07) is 58.4. The number of hydrogen-bond acceptors (Lipinski definition) is 0. The van der Waals surface area contributed by atoms with Crippen LogP contribution in [0.25, 0.3) is 65.4 Å². The second-order valence-corrected chi connectivity index (χ2v) is 12.0. The predicted molar refractivity (Wildman–Crippen MR) is 188 cm³/mol. The number of hydrogen-bond donors (Lipinski definition) is 0. The normalized spacial score (nSPS) is 13.7. The molecule has 0 bridgehead atoms. The molecule has 0 saturated carbocycles. The first-order valence-electron chi connectivity index (χ1n) is 15.4. The molecule has 0 nitrogen and oxygen atoms in total. The number of rotatable bonds is 2. The van der Waals surface area contributed by atoms with Crippen LogP contribution in [0.4, 0.5) is 0 Å². The van der Waals surface area contributed by atoms with Crippen molar-refractivity contribution in [3.8, 4) is 0 Å². The average molecular weight is 555 g/mol. The summed E-state index contributed by atoms with van der Waals surface area (Å²) in [6.45, 7) is 0. The third-order valence-electron chi connectivity index (χ3n) is 9.73. The van der Waals surface area contributed by atoms with E-state index < -0.39 is 0 Å². The quantitative estimate of drug-likeness (QED) is 0.186. The van der Waals surface area contributed by atoms with Gasteiger partial charge in [0.05, 0.1) is 0 Å². The second kappa shape index (κ2) is 8.89. The largest absolute Gasteiger partial charge is 0.0622 e. The van der Waals surface area contributed by atoms with Crippen molar-refractivity contribution in [3.63, 3.8) is 0 Å². The maximum atomic E-state index is 2.40. The first-order valence-corrected chi connectivity index (χ1v) is 15.4. The van der Waals surface area contributed by atoms with Crippen LogP contribution in [0.1, 0.15) is 33.4 Å². The Hall–Kier alpha value is -5.72. The van der Waals surface area contributed by atoms with E-state index in [0.29, 0.717) is 0 Å². The van der Waals surface area contributed by atoms with Gasteiger partial charge in [0.15, 0.2) is 0 Å². The summed E-state index contributed by atoms with van der Waals surface area (Å²) in [4.78, 5) is 0. The first-order chi connectivity index (χ1) is 21.8. The van der Waals surface area contributed by atoms with Gasteiger partial charge in [-0.25, -0.2) is 0 Å². The van der Waals surface area contributed by atoms with Gasteiger partial charge in [-0.05, 0) is 111 Å². The van der Waals surface area contributed by atoms with Crippen LogP contribution in [-0.4, -0.2) is 0 Å². The van der Waals surface area contributed by atoms with Gasteiger partial charge in [-0.3, -0.25) is 0 Å². The minimum Gasteiger partial charge on any atom is -0.0622 e. The molecule has 44 heavy (non-hydrogen) atoms. The van der Waals surface area contributed by atoms with Gasteiger partial charge in [-0.1, -0.05) is 146 Å². The Morgan fingerprint density at radius 3 is 1.45 bits per heavy atom. The minimum atomic E-state index is 1.26. The van der Waals surface area contributed by atoms with Gasteiger partial charge in [-0.2, -0.15) is 0 Å². The summed E-state index contributed by atoms with van der Waals surface area (Å²) in [6.07, 6.45) is 0. The second-order valence-electron chi connectivity index (χ2n) is 12.0. The van der Waals surface area contributed by atoms with Crippen LogP contribution >= 0.6 is 0 Å². The van der Waals surface area contributed by atoms with Gasteiger partial charge in [-0.15, -0.1) is 0 Å². The third kappa shape index (κ3) is 3.17. The van der Waals surface area contributed by atoms with Gasteiger partial charge in [0.2, 0.25) is 0 Å². The van der Waals surface area contributed by atoms with Crippen LogP contribution < -0.4 is 0 Å². The average Bonchev–Trinajstić information content (AvgIpc) is 3.60. The molecule has 0 unspecified atom stereocenters. The lowest BCUT2D eigenvalue weighted by atomic mass is 9.87. The highest BCUT2D eigenvalue weighted by Crippen LogP contribution is 2.61. The Balaban J connectivity index is 1.44. The standard InChI is InChI=1S/C44H26/c1-2-13-29(14-3-1)39-36-23-21-27-11-6-8-18-33(27)40(36)44-42(37-24-22-28-12-7-9-19-34(28)41(37)43(39)44)35-20-10-17-32-25-30-15-4-5-16-31(30)26-38(32)35/h1-26H. The zero-order valence-electron chi connectivity index (χ0n) is 24.0. The van der Waals surface area contributed by atoms with Crippen molar-refractivity contribution >= 4 is 65.4 Å². The molecule has 0 spiro atoms. The van der Waals surface area contributed by atoms with Crippen molar-refractivity contribution in [2.24, 2.45) is 0 Å². The summed E-state index contributed by atoms with van der Waals surface area (Å²) in [5, 5.41) is 10.3. The molecule has 0 heterocycles. The van der Waals surface area contributed by atoms with E-state index in [1.807, 2.05) is 0 Å². The molecule has 8 aromatic rings. The molecule has 10 rings (SSSR count). The molecule has 2 aliphatic rings. The molecule has 0 atom stereocenters. The van der Waals surface area contributed by atoms with Crippen molar-refractivity contribution < 1.29 is 0 Å². The fraction of sp³-hybridized carbons (Fsp3) is 0. The highest BCUT2D eigenvalue weighted by atomic mass is 14.4. The van der Waals surface area contributed by atoms with Crippen molar-refractivity contribution in [3.05, 3.63) is 191 Å². The molecule has 2 aliphatic carbocycles. The first kappa shape index (κ1) is 23.8. The van der Waals surface area contributed by atoms with Crippen molar-refractivity contribution in [2.45, 2.75) is 0 Å². The summed E-state index contributed by atoms with van der Waals surface area (Å²) in [7, 11) is 0. The van der Waals surface area contributed by atoms with Gasteiger partial charge >= 0.3 is 0 Å². The smallest absolute Gasteiger partial charge is 0.0000937 e. The van der Waals surface area contributed by atoms with E-state index in [4.69, 9.17) is 0 Å². The fourth-order valence-electron chi connectivity index (χ4n) is 7.89. The lowest BCUT2D eigenvalue weighted by molar-refractivity contribution is 1.56. The summed E-state index contributed by atoms with van der Waals surface area (Å²) < 4.78 is 0.